The molecular weight excluding hydrogens is 412 g/mol. The summed E-state index contributed by atoms with van der Waals surface area (Å²) in [5.41, 5.74) is 1.51. The van der Waals surface area contributed by atoms with Crippen molar-refractivity contribution in [2.75, 3.05) is 24.9 Å². The highest BCUT2D eigenvalue weighted by Crippen LogP contribution is 2.29. The molecule has 0 saturated carbocycles. The molecule has 0 aliphatic heterocycles. The first kappa shape index (κ1) is 22.4. The predicted molar refractivity (Wildman–Crippen MR) is 120 cm³/mol. The van der Waals surface area contributed by atoms with Crippen molar-refractivity contribution >= 4 is 29.2 Å². The molecule has 164 valence electrons. The van der Waals surface area contributed by atoms with E-state index < -0.39 is 17.8 Å². The average molecular weight is 434 g/mol. The summed E-state index contributed by atoms with van der Waals surface area (Å²) in [6.07, 6.45) is 0. The van der Waals surface area contributed by atoms with Gasteiger partial charge in [-0.3, -0.25) is 14.4 Å². The van der Waals surface area contributed by atoms with E-state index in [0.717, 1.165) is 0 Å². The van der Waals surface area contributed by atoms with Gasteiger partial charge >= 0.3 is 5.97 Å². The van der Waals surface area contributed by atoms with Crippen molar-refractivity contribution in [1.29, 1.82) is 0 Å². The van der Waals surface area contributed by atoms with Crippen LogP contribution in [-0.2, 0) is 4.79 Å². The van der Waals surface area contributed by atoms with E-state index in [1.165, 1.54) is 27.2 Å². The smallest absolute Gasteiger partial charge is 0.308 e. The van der Waals surface area contributed by atoms with Crippen molar-refractivity contribution in [3.8, 4) is 17.2 Å². The third kappa shape index (κ3) is 5.42. The van der Waals surface area contributed by atoms with Crippen molar-refractivity contribution < 1.29 is 28.6 Å². The van der Waals surface area contributed by atoms with Crippen LogP contribution in [0.15, 0.2) is 66.7 Å². The number of hydrogen-bond acceptors (Lipinski definition) is 6. The Hall–Kier alpha value is -4.33. The fourth-order valence-corrected chi connectivity index (χ4v) is 3.01. The molecule has 0 heterocycles. The van der Waals surface area contributed by atoms with E-state index in [2.05, 4.69) is 10.6 Å². The summed E-state index contributed by atoms with van der Waals surface area (Å²) >= 11 is 0. The standard InChI is InChI=1S/C24H22N2O6/c1-15(27)32-19-10-4-7-16(13-19)23(28)25-17-8-5-9-18(14-17)26-24(29)22-20(30-2)11-6-12-21(22)31-3/h4-14H,1-3H3,(H,25,28)(H,26,29). The van der Waals surface area contributed by atoms with Crippen LogP contribution >= 0.6 is 0 Å². The molecule has 8 heteroatoms. The molecule has 0 fully saturated rings. The first-order valence-corrected chi connectivity index (χ1v) is 9.63. The molecule has 3 rings (SSSR count). The van der Waals surface area contributed by atoms with Crippen LogP contribution in [0.25, 0.3) is 0 Å². The fraction of sp³-hybridized carbons (Fsp3) is 0.125. The van der Waals surface area contributed by atoms with E-state index in [4.69, 9.17) is 14.2 Å². The van der Waals surface area contributed by atoms with Crippen LogP contribution in [0.1, 0.15) is 27.6 Å². The fourth-order valence-electron chi connectivity index (χ4n) is 3.01. The molecule has 2 amide bonds. The maximum absolute atomic E-state index is 12.9. The van der Waals surface area contributed by atoms with Crippen LogP contribution in [0.3, 0.4) is 0 Å². The largest absolute Gasteiger partial charge is 0.496 e. The van der Waals surface area contributed by atoms with E-state index in [1.54, 1.807) is 60.7 Å². The molecule has 0 atom stereocenters. The molecule has 8 nitrogen and oxygen atoms in total. The van der Waals surface area contributed by atoms with Gasteiger partial charge in [-0.25, -0.2) is 0 Å². The van der Waals surface area contributed by atoms with Crippen LogP contribution in [-0.4, -0.2) is 32.0 Å². The molecule has 3 aromatic carbocycles. The maximum atomic E-state index is 12.9. The van der Waals surface area contributed by atoms with Crippen LogP contribution in [0.4, 0.5) is 11.4 Å². The van der Waals surface area contributed by atoms with E-state index in [-0.39, 0.29) is 11.3 Å². The second-order valence-corrected chi connectivity index (χ2v) is 6.65. The van der Waals surface area contributed by atoms with Crippen LogP contribution in [0, 0.1) is 0 Å². The van der Waals surface area contributed by atoms with Gasteiger partial charge in [0.1, 0.15) is 22.8 Å². The Labute approximate surface area is 185 Å². The van der Waals surface area contributed by atoms with Gasteiger partial charge in [0.15, 0.2) is 0 Å². The summed E-state index contributed by atoms with van der Waals surface area (Å²) in [4.78, 5) is 36.6. The van der Waals surface area contributed by atoms with Crippen molar-refractivity contribution in [3.05, 3.63) is 77.9 Å². The first-order chi connectivity index (χ1) is 15.4. The normalized spacial score (nSPS) is 10.1. The van der Waals surface area contributed by atoms with E-state index in [9.17, 15) is 14.4 Å². The van der Waals surface area contributed by atoms with Gasteiger partial charge in [-0.1, -0.05) is 18.2 Å². The number of carbonyl (C=O) groups excluding carboxylic acids is 3. The van der Waals surface area contributed by atoms with Gasteiger partial charge in [0.25, 0.3) is 11.8 Å². The van der Waals surface area contributed by atoms with Crippen molar-refractivity contribution in [2.45, 2.75) is 6.92 Å². The Balaban J connectivity index is 1.76. The van der Waals surface area contributed by atoms with Crippen LogP contribution in [0.5, 0.6) is 17.2 Å². The second kappa shape index (κ2) is 10.1. The molecule has 0 aliphatic carbocycles. The van der Waals surface area contributed by atoms with E-state index in [0.29, 0.717) is 28.4 Å². The minimum absolute atomic E-state index is 0.259. The number of ether oxygens (including phenoxy) is 3. The minimum atomic E-state index is -0.474. The molecule has 0 bridgehead atoms. The minimum Gasteiger partial charge on any atom is -0.496 e. The lowest BCUT2D eigenvalue weighted by Gasteiger charge is -2.13. The Morgan fingerprint density at radius 2 is 1.28 bits per heavy atom. The predicted octanol–water partition coefficient (Wildman–Crippen LogP) is 4.13. The number of rotatable bonds is 7. The number of benzene rings is 3. The van der Waals surface area contributed by atoms with Crippen LogP contribution in [0.2, 0.25) is 0 Å². The molecule has 0 radical (unpaired) electrons. The number of amides is 2. The summed E-state index contributed by atoms with van der Waals surface area (Å²) in [6, 6.07) is 18.0. The average Bonchev–Trinajstić information content (AvgIpc) is 2.78. The highest BCUT2D eigenvalue weighted by Gasteiger charge is 2.18. The summed E-state index contributed by atoms with van der Waals surface area (Å²) < 4.78 is 15.6. The van der Waals surface area contributed by atoms with Crippen molar-refractivity contribution in [2.24, 2.45) is 0 Å². The van der Waals surface area contributed by atoms with Crippen LogP contribution < -0.4 is 24.8 Å². The summed E-state index contributed by atoms with van der Waals surface area (Å²) in [6.45, 7) is 1.28. The monoisotopic (exact) mass is 434 g/mol. The number of methoxy groups -OCH3 is 2. The molecule has 0 saturated heterocycles. The SMILES string of the molecule is COc1cccc(OC)c1C(=O)Nc1cccc(NC(=O)c2cccc(OC(C)=O)c2)c1. The maximum Gasteiger partial charge on any atom is 0.308 e. The highest BCUT2D eigenvalue weighted by molar-refractivity contribution is 6.09. The summed E-state index contributed by atoms with van der Waals surface area (Å²) in [7, 11) is 2.94. The number of carbonyl (C=O) groups is 3. The van der Waals surface area contributed by atoms with E-state index in [1.807, 2.05) is 0 Å². The third-order valence-corrected chi connectivity index (χ3v) is 4.39. The van der Waals surface area contributed by atoms with E-state index >= 15 is 0 Å². The molecular formula is C24H22N2O6. The van der Waals surface area contributed by atoms with Gasteiger partial charge in [-0.05, 0) is 48.5 Å². The van der Waals surface area contributed by atoms with Gasteiger partial charge in [0.05, 0.1) is 14.2 Å². The quantitative estimate of drug-likeness (QED) is 0.428. The molecule has 32 heavy (non-hydrogen) atoms. The summed E-state index contributed by atoms with van der Waals surface area (Å²) in [5.74, 6) is -0.265. The number of esters is 1. The van der Waals surface area contributed by atoms with Gasteiger partial charge in [-0.15, -0.1) is 0 Å². The first-order valence-electron chi connectivity index (χ1n) is 9.63. The van der Waals surface area contributed by atoms with Gasteiger partial charge in [0, 0.05) is 23.9 Å². The highest BCUT2D eigenvalue weighted by atomic mass is 16.5. The molecule has 2 N–H and O–H groups in total. The second-order valence-electron chi connectivity index (χ2n) is 6.65. The van der Waals surface area contributed by atoms with Gasteiger partial charge < -0.3 is 24.8 Å². The molecule has 0 unspecified atom stereocenters. The van der Waals surface area contributed by atoms with Gasteiger partial charge in [-0.2, -0.15) is 0 Å². The van der Waals surface area contributed by atoms with Crippen molar-refractivity contribution in [1.82, 2.24) is 0 Å². The topological polar surface area (TPSA) is 103 Å². The molecule has 0 aromatic heterocycles. The van der Waals surface area contributed by atoms with Gasteiger partial charge in [0.2, 0.25) is 0 Å². The lowest BCUT2D eigenvalue weighted by atomic mass is 10.1. The zero-order valence-electron chi connectivity index (χ0n) is 17.8. The lowest BCUT2D eigenvalue weighted by molar-refractivity contribution is -0.131. The molecule has 0 aliphatic rings. The number of anilines is 2. The Kier molecular flexibility index (Phi) is 7.07. The Morgan fingerprint density at radius 3 is 1.88 bits per heavy atom. The zero-order valence-corrected chi connectivity index (χ0v) is 17.8. The Bertz CT molecular complexity index is 1140. The molecule has 0 spiro atoms. The summed E-state index contributed by atoms with van der Waals surface area (Å²) in [5, 5.41) is 5.54. The lowest BCUT2D eigenvalue weighted by Crippen LogP contribution is -2.15. The zero-order chi connectivity index (χ0) is 23.1. The van der Waals surface area contributed by atoms with Crippen molar-refractivity contribution in [3.63, 3.8) is 0 Å². The number of nitrogens with one attached hydrogen (secondary N) is 2. The molecule has 3 aromatic rings. The third-order valence-electron chi connectivity index (χ3n) is 4.39. The number of hydrogen-bond donors (Lipinski definition) is 2. The Morgan fingerprint density at radius 1 is 0.719 bits per heavy atom.